The van der Waals surface area contributed by atoms with Crippen LogP contribution in [0.3, 0.4) is 0 Å². The zero-order valence-electron chi connectivity index (χ0n) is 14.9. The van der Waals surface area contributed by atoms with Gasteiger partial charge in [0.2, 0.25) is 5.91 Å². The van der Waals surface area contributed by atoms with Crippen LogP contribution in [0.5, 0.6) is 0 Å². The summed E-state index contributed by atoms with van der Waals surface area (Å²) in [6.07, 6.45) is 0.793. The van der Waals surface area contributed by atoms with E-state index in [-0.39, 0.29) is 18.4 Å². The topological polar surface area (TPSA) is 67.4 Å². The van der Waals surface area contributed by atoms with E-state index in [1.807, 2.05) is 39.0 Å². The van der Waals surface area contributed by atoms with Crippen LogP contribution in [-0.2, 0) is 9.53 Å². The third kappa shape index (κ3) is 5.64. The Hall–Kier alpha value is -2.82. The standard InChI is InChI=1S/C20H24N2O3/c1-4-11-25-20(24)16-7-9-17(10-8-16)21-13-19(23)22-18-12-14(2)5-6-15(18)3/h5-10,12,21H,4,11,13H2,1-3H3,(H,22,23). The number of anilines is 2. The molecule has 5 nitrogen and oxygen atoms in total. The molecule has 0 aliphatic rings. The number of ether oxygens (including phenoxy) is 1. The SMILES string of the molecule is CCCOC(=O)c1ccc(NCC(=O)Nc2cc(C)ccc2C)cc1. The first-order chi connectivity index (χ1) is 12.0. The Morgan fingerprint density at radius 1 is 1.04 bits per heavy atom. The van der Waals surface area contributed by atoms with Crippen LogP contribution in [0.4, 0.5) is 11.4 Å². The summed E-state index contributed by atoms with van der Waals surface area (Å²) >= 11 is 0. The molecule has 2 aromatic rings. The van der Waals surface area contributed by atoms with Crippen LogP contribution in [-0.4, -0.2) is 25.0 Å². The number of amides is 1. The molecule has 2 N–H and O–H groups in total. The first-order valence-corrected chi connectivity index (χ1v) is 8.37. The molecule has 0 spiro atoms. The lowest BCUT2D eigenvalue weighted by Crippen LogP contribution is -2.22. The molecule has 0 saturated heterocycles. The van der Waals surface area contributed by atoms with Crippen LogP contribution in [0.25, 0.3) is 0 Å². The number of carbonyl (C=O) groups is 2. The van der Waals surface area contributed by atoms with E-state index in [0.29, 0.717) is 12.2 Å². The Kier molecular flexibility index (Phi) is 6.57. The van der Waals surface area contributed by atoms with Gasteiger partial charge in [0.05, 0.1) is 18.7 Å². The number of esters is 1. The summed E-state index contributed by atoms with van der Waals surface area (Å²) in [7, 11) is 0. The average Bonchev–Trinajstić information content (AvgIpc) is 2.61. The number of hydrogen-bond donors (Lipinski definition) is 2. The lowest BCUT2D eigenvalue weighted by molar-refractivity contribution is -0.114. The van der Waals surface area contributed by atoms with E-state index in [0.717, 1.165) is 28.9 Å². The molecular weight excluding hydrogens is 316 g/mol. The molecule has 2 rings (SSSR count). The third-order valence-electron chi connectivity index (χ3n) is 3.68. The summed E-state index contributed by atoms with van der Waals surface area (Å²) in [5, 5.41) is 5.94. The van der Waals surface area contributed by atoms with E-state index < -0.39 is 0 Å². The van der Waals surface area contributed by atoms with Gasteiger partial charge in [-0.2, -0.15) is 0 Å². The Morgan fingerprint density at radius 2 is 1.76 bits per heavy atom. The van der Waals surface area contributed by atoms with E-state index in [4.69, 9.17) is 4.74 Å². The van der Waals surface area contributed by atoms with Crippen molar-refractivity contribution >= 4 is 23.3 Å². The molecule has 0 radical (unpaired) electrons. The number of nitrogens with one attached hydrogen (secondary N) is 2. The highest BCUT2D eigenvalue weighted by molar-refractivity contribution is 5.94. The minimum Gasteiger partial charge on any atom is -0.462 e. The Bertz CT molecular complexity index is 739. The maximum atomic E-state index is 12.1. The van der Waals surface area contributed by atoms with Gasteiger partial charge in [-0.3, -0.25) is 4.79 Å². The summed E-state index contributed by atoms with van der Waals surface area (Å²) in [6.45, 7) is 6.45. The molecule has 0 unspecified atom stereocenters. The smallest absolute Gasteiger partial charge is 0.338 e. The monoisotopic (exact) mass is 340 g/mol. The molecule has 0 atom stereocenters. The van der Waals surface area contributed by atoms with Crippen LogP contribution in [0.2, 0.25) is 0 Å². The van der Waals surface area contributed by atoms with Crippen LogP contribution < -0.4 is 10.6 Å². The minimum atomic E-state index is -0.332. The number of carbonyl (C=O) groups excluding carboxylic acids is 2. The molecule has 5 heteroatoms. The highest BCUT2D eigenvalue weighted by atomic mass is 16.5. The normalized spacial score (nSPS) is 10.2. The van der Waals surface area contributed by atoms with Crippen molar-refractivity contribution in [1.82, 2.24) is 0 Å². The highest BCUT2D eigenvalue weighted by Gasteiger charge is 2.08. The average molecular weight is 340 g/mol. The second-order valence-electron chi connectivity index (χ2n) is 5.93. The number of benzene rings is 2. The quantitative estimate of drug-likeness (QED) is 0.750. The molecule has 0 bridgehead atoms. The lowest BCUT2D eigenvalue weighted by Gasteiger charge is -2.11. The summed E-state index contributed by atoms with van der Waals surface area (Å²) < 4.78 is 5.08. The second kappa shape index (κ2) is 8.87. The lowest BCUT2D eigenvalue weighted by atomic mass is 10.1. The molecule has 0 saturated carbocycles. The summed E-state index contributed by atoms with van der Waals surface area (Å²) in [6, 6.07) is 12.8. The van der Waals surface area contributed by atoms with E-state index in [9.17, 15) is 9.59 Å². The Balaban J connectivity index is 1.87. The van der Waals surface area contributed by atoms with Gasteiger partial charge in [0.1, 0.15) is 0 Å². The van der Waals surface area contributed by atoms with Crippen molar-refractivity contribution in [2.75, 3.05) is 23.8 Å². The molecule has 0 aromatic heterocycles. The summed E-state index contributed by atoms with van der Waals surface area (Å²) in [5.74, 6) is -0.457. The molecule has 25 heavy (non-hydrogen) atoms. The van der Waals surface area contributed by atoms with Crippen molar-refractivity contribution in [3.63, 3.8) is 0 Å². The molecule has 0 fully saturated rings. The number of hydrogen-bond acceptors (Lipinski definition) is 4. The molecule has 2 aromatic carbocycles. The van der Waals surface area contributed by atoms with Crippen LogP contribution in [0, 0.1) is 13.8 Å². The molecule has 0 aliphatic heterocycles. The molecule has 1 amide bonds. The number of aryl methyl sites for hydroxylation is 2. The first-order valence-electron chi connectivity index (χ1n) is 8.37. The maximum Gasteiger partial charge on any atom is 0.338 e. The maximum absolute atomic E-state index is 12.1. The van der Waals surface area contributed by atoms with Crippen molar-refractivity contribution in [3.8, 4) is 0 Å². The zero-order valence-corrected chi connectivity index (χ0v) is 14.9. The van der Waals surface area contributed by atoms with E-state index >= 15 is 0 Å². The van der Waals surface area contributed by atoms with Gasteiger partial charge >= 0.3 is 5.97 Å². The number of rotatable bonds is 7. The van der Waals surface area contributed by atoms with E-state index in [1.54, 1.807) is 24.3 Å². The van der Waals surface area contributed by atoms with Crippen molar-refractivity contribution < 1.29 is 14.3 Å². The van der Waals surface area contributed by atoms with Gasteiger partial charge in [0.15, 0.2) is 0 Å². The Morgan fingerprint density at radius 3 is 2.44 bits per heavy atom. The second-order valence-corrected chi connectivity index (χ2v) is 5.93. The summed E-state index contributed by atoms with van der Waals surface area (Å²) in [5.41, 5.74) is 4.20. The highest BCUT2D eigenvalue weighted by Crippen LogP contribution is 2.16. The predicted molar refractivity (Wildman–Crippen MR) is 100 cm³/mol. The molecular formula is C20H24N2O3. The van der Waals surface area contributed by atoms with E-state index in [1.165, 1.54) is 0 Å². The largest absolute Gasteiger partial charge is 0.462 e. The van der Waals surface area contributed by atoms with Crippen molar-refractivity contribution in [2.24, 2.45) is 0 Å². The van der Waals surface area contributed by atoms with Crippen LogP contribution >= 0.6 is 0 Å². The fraction of sp³-hybridized carbons (Fsp3) is 0.300. The third-order valence-corrected chi connectivity index (χ3v) is 3.68. The van der Waals surface area contributed by atoms with Crippen molar-refractivity contribution in [2.45, 2.75) is 27.2 Å². The molecule has 0 aliphatic carbocycles. The fourth-order valence-corrected chi connectivity index (χ4v) is 2.25. The fourth-order valence-electron chi connectivity index (χ4n) is 2.25. The van der Waals surface area contributed by atoms with Crippen LogP contribution in [0.15, 0.2) is 42.5 Å². The van der Waals surface area contributed by atoms with E-state index in [2.05, 4.69) is 10.6 Å². The van der Waals surface area contributed by atoms with Gasteiger partial charge in [-0.15, -0.1) is 0 Å². The van der Waals surface area contributed by atoms with Gasteiger partial charge < -0.3 is 15.4 Å². The Labute approximate surface area is 148 Å². The van der Waals surface area contributed by atoms with Gasteiger partial charge in [0.25, 0.3) is 0 Å². The predicted octanol–water partition coefficient (Wildman–Crippen LogP) is 3.92. The van der Waals surface area contributed by atoms with Crippen molar-refractivity contribution in [3.05, 3.63) is 59.2 Å². The van der Waals surface area contributed by atoms with Crippen molar-refractivity contribution in [1.29, 1.82) is 0 Å². The van der Waals surface area contributed by atoms with Gasteiger partial charge in [-0.05, 0) is 61.7 Å². The zero-order chi connectivity index (χ0) is 18.2. The molecule has 0 heterocycles. The summed E-state index contributed by atoms with van der Waals surface area (Å²) in [4.78, 5) is 23.8. The first kappa shape index (κ1) is 18.5. The molecule has 132 valence electrons. The van der Waals surface area contributed by atoms with Gasteiger partial charge in [-0.1, -0.05) is 19.1 Å². The van der Waals surface area contributed by atoms with Crippen LogP contribution in [0.1, 0.15) is 34.8 Å². The van der Waals surface area contributed by atoms with Gasteiger partial charge in [0, 0.05) is 11.4 Å². The van der Waals surface area contributed by atoms with Gasteiger partial charge in [-0.25, -0.2) is 4.79 Å². The minimum absolute atomic E-state index is 0.125.